The lowest BCUT2D eigenvalue weighted by Gasteiger charge is -2.33. The second kappa shape index (κ2) is 47.0. The molecule has 15 amide bonds. The van der Waals surface area contributed by atoms with Crippen molar-refractivity contribution in [1.29, 1.82) is 0 Å². The third kappa shape index (κ3) is 30.2. The maximum atomic E-state index is 14.7. The van der Waals surface area contributed by atoms with E-state index in [0.717, 1.165) is 4.90 Å². The molecule has 4 heterocycles. The van der Waals surface area contributed by atoms with E-state index < -0.39 is 229 Å². The minimum absolute atomic E-state index is 0.0165. The molecule has 3 saturated heterocycles. The predicted molar refractivity (Wildman–Crippen MR) is 420 cm³/mol. The number of carbonyl (C=O) groups is 18. The van der Waals surface area contributed by atoms with Crippen molar-refractivity contribution in [3.05, 3.63) is 71.9 Å². The highest BCUT2D eigenvalue weighted by Crippen LogP contribution is 2.28. The van der Waals surface area contributed by atoms with Crippen LogP contribution in [0, 0.1) is 17.8 Å². The average molecular weight is 1700 g/mol. The normalized spacial score (nSPS) is 17.7. The highest BCUT2D eigenvalue weighted by Gasteiger charge is 2.46. The first-order chi connectivity index (χ1) is 56.5. The number of carboxylic acids is 3. The second-order valence-corrected chi connectivity index (χ2v) is 30.6. The van der Waals surface area contributed by atoms with Gasteiger partial charge in [-0.1, -0.05) is 90.1 Å². The van der Waals surface area contributed by atoms with E-state index in [2.05, 4.69) is 58.2 Å². The number of aromatic amines is 1. The number of nitrogens with one attached hydrogen (secondary N) is 11. The lowest BCUT2D eigenvalue weighted by Crippen LogP contribution is -2.62. The molecule has 662 valence electrons. The third-order valence-electron chi connectivity index (χ3n) is 20.1. The van der Waals surface area contributed by atoms with Crippen LogP contribution in [-0.4, -0.2) is 271 Å². The molecule has 2 aromatic carbocycles. The Kier molecular flexibility index (Phi) is 38.7. The number of carbonyl (C=O) groups excluding carboxylic acids is 15. The van der Waals surface area contributed by atoms with Gasteiger partial charge in [-0.05, 0) is 112 Å². The molecule has 3 fully saturated rings. The summed E-state index contributed by atoms with van der Waals surface area (Å²) in [5.41, 5.74) is 24.5. The third-order valence-corrected chi connectivity index (χ3v) is 20.1. The van der Waals surface area contributed by atoms with Crippen LogP contribution >= 0.6 is 0 Å². The zero-order chi connectivity index (χ0) is 89.6. The van der Waals surface area contributed by atoms with Crippen LogP contribution in [-0.2, 0) is 99.1 Å². The van der Waals surface area contributed by atoms with Gasteiger partial charge < -0.3 is 116 Å². The number of halogens is 3. The molecule has 43 heteroatoms. The fourth-order valence-corrected chi connectivity index (χ4v) is 13.9. The van der Waals surface area contributed by atoms with Crippen molar-refractivity contribution in [2.75, 3.05) is 39.3 Å². The first-order valence-electron chi connectivity index (χ1n) is 39.4. The van der Waals surface area contributed by atoms with Crippen LogP contribution < -0.4 is 76.1 Å². The summed E-state index contributed by atoms with van der Waals surface area (Å²) in [5, 5.41) is 63.1. The van der Waals surface area contributed by atoms with Crippen molar-refractivity contribution >= 4 is 117 Å². The van der Waals surface area contributed by atoms with Gasteiger partial charge in [0.25, 0.3) is 0 Å². The molecule has 120 heavy (non-hydrogen) atoms. The van der Waals surface area contributed by atoms with Crippen LogP contribution in [0.25, 0.3) is 10.9 Å². The predicted octanol–water partition coefficient (Wildman–Crippen LogP) is -3.45. The van der Waals surface area contributed by atoms with E-state index in [-0.39, 0.29) is 103 Å². The van der Waals surface area contributed by atoms with Gasteiger partial charge in [-0.15, -0.1) is 0 Å². The van der Waals surface area contributed by atoms with E-state index in [9.17, 15) is 105 Å². The first kappa shape index (κ1) is 98.7. The number of primary amides is 2. The summed E-state index contributed by atoms with van der Waals surface area (Å²) >= 11 is 0. The first-order valence-corrected chi connectivity index (χ1v) is 39.4. The van der Waals surface area contributed by atoms with Gasteiger partial charge in [0, 0.05) is 56.0 Å². The van der Waals surface area contributed by atoms with Crippen molar-refractivity contribution in [3.8, 4) is 0 Å². The highest BCUT2D eigenvalue weighted by molar-refractivity contribution is 6.01. The van der Waals surface area contributed by atoms with Crippen molar-refractivity contribution in [2.45, 2.75) is 229 Å². The Balaban J connectivity index is 0.00000349. The summed E-state index contributed by atoms with van der Waals surface area (Å²) in [4.78, 5) is 247. The topological polar surface area (TPSA) is 638 Å². The highest BCUT2D eigenvalue weighted by atomic mass is 19.4. The maximum Gasteiger partial charge on any atom is 0.490 e. The van der Waals surface area contributed by atoms with E-state index in [4.69, 9.17) is 37.9 Å². The Morgan fingerprint density at radius 3 is 1.57 bits per heavy atom. The Morgan fingerprint density at radius 1 is 0.525 bits per heavy atom. The van der Waals surface area contributed by atoms with Gasteiger partial charge >= 0.3 is 24.1 Å². The summed E-state index contributed by atoms with van der Waals surface area (Å²) < 4.78 is 31.7. The Morgan fingerprint density at radius 2 is 1.02 bits per heavy atom. The SMILES string of the molecule is CC(C)C[C@H](NC(=O)CNC(=O)[C@@H]1CCCN1C(=O)[C@@H]1CCCN1C(=O)[C@H](CCC(N)=O)NC(=O)[C@@H](NC(=O)[C@@H](N)CC(=O)O)C(C)C)C(=O)N[C@@H](CCCCN)C(=O)N[C@H](C(=O)N[C@@H](Cc1c[nH]c2ccccc12)C(=O)N[C@@H](CO)C(=O)N[C@@H](CC(=O)O)C(=O)N1CCC[C@H]1C(=O)N[C@@H](Cc1ccccc1)C(N)=O)C(C)C.O=C(O)C(F)(F)F. The fourth-order valence-electron chi connectivity index (χ4n) is 13.9. The average Bonchev–Trinajstić information content (AvgIpc) is 1.54. The summed E-state index contributed by atoms with van der Waals surface area (Å²) in [6.45, 7) is 8.32. The smallest absolute Gasteiger partial charge is 0.481 e. The summed E-state index contributed by atoms with van der Waals surface area (Å²) in [6, 6.07) is -2.76. The number of carboxylic acid groups (broad SMARTS) is 3. The molecule has 0 radical (unpaired) electrons. The van der Waals surface area contributed by atoms with E-state index in [1.165, 1.54) is 9.80 Å². The van der Waals surface area contributed by atoms with E-state index >= 15 is 0 Å². The van der Waals surface area contributed by atoms with E-state index in [1.807, 2.05) is 0 Å². The van der Waals surface area contributed by atoms with Gasteiger partial charge in [0.15, 0.2) is 0 Å². The number of nitrogens with two attached hydrogens (primary N) is 4. The number of hydrogen-bond donors (Lipinski definition) is 19. The fraction of sp³-hybridized carbons (Fsp3) is 0.584. The molecule has 0 bridgehead atoms. The van der Waals surface area contributed by atoms with Gasteiger partial charge in [-0.25, -0.2) is 4.79 Å². The molecule has 13 atom stereocenters. The maximum absolute atomic E-state index is 14.7. The molecular weight excluding hydrogens is 1590 g/mol. The Labute approximate surface area is 688 Å². The molecule has 40 nitrogen and oxygen atoms in total. The van der Waals surface area contributed by atoms with Crippen LogP contribution in [0.1, 0.15) is 143 Å². The zero-order valence-electron chi connectivity index (χ0n) is 67.5. The number of para-hydroxylation sites is 1. The van der Waals surface area contributed by atoms with E-state index in [0.29, 0.717) is 41.3 Å². The van der Waals surface area contributed by atoms with Gasteiger partial charge in [0.05, 0.1) is 32.0 Å². The molecule has 3 aromatic rings. The number of hydrogen-bond acceptors (Lipinski definition) is 21. The number of alkyl halides is 3. The molecule has 1 aromatic heterocycles. The molecular formula is C77H111F3N18O22. The lowest BCUT2D eigenvalue weighted by atomic mass is 9.99. The van der Waals surface area contributed by atoms with Gasteiger partial charge in [0.2, 0.25) is 88.6 Å². The minimum atomic E-state index is -5.08. The van der Waals surface area contributed by atoms with Gasteiger partial charge in [-0.3, -0.25) is 81.5 Å². The van der Waals surface area contributed by atoms with Crippen molar-refractivity contribution in [1.82, 2.24) is 72.9 Å². The molecule has 23 N–H and O–H groups in total. The van der Waals surface area contributed by atoms with Crippen LogP contribution in [0.3, 0.4) is 0 Å². The number of rotatable bonds is 44. The van der Waals surface area contributed by atoms with Crippen LogP contribution in [0.15, 0.2) is 60.8 Å². The summed E-state index contributed by atoms with van der Waals surface area (Å²) in [7, 11) is 0. The molecule has 0 aliphatic carbocycles. The number of benzene rings is 2. The largest absolute Gasteiger partial charge is 0.490 e. The molecule has 3 aliphatic heterocycles. The monoisotopic (exact) mass is 1700 g/mol. The number of fused-ring (bicyclic) bond motifs is 1. The number of aliphatic carboxylic acids is 3. The second-order valence-electron chi connectivity index (χ2n) is 30.6. The molecule has 3 aliphatic rings. The van der Waals surface area contributed by atoms with Crippen molar-refractivity contribution < 1.29 is 120 Å². The standard InChI is InChI=1S/C75H110N18O20.C2HF3O2/c1-39(2)31-50(82-58(96)37-81-69(107)54-22-14-29-92(54)75(113)56-24-16-30-93(56)73(111)48(25-26-57(78)95)84-71(109)61(40(3)4)89-64(102)45(77)34-59(97)98)66(104)83-47(21-12-13-27-76)65(103)90-62(41(5)6)72(110)86-51(33-43-36-80-46-20-11-10-19-44(43)46)67(105)88-53(38-94)68(106)87-52(35-60(99)100)74(112)91-28-15-23-55(91)70(108)85-49(63(79)101)32-42-17-8-7-9-18-42;3-2(4,5)1(6)7/h7-11,17-20,36,39-41,45,47-56,61-62,80,94H,12-16,21-35,37-38,76-77H2,1-6H3,(H2,78,95)(H2,79,101)(H,81,107)(H,82,96)(H,83,104)(H,84,109)(H,85,108)(H,86,110)(H,87,106)(H,88,105)(H,89,102)(H,90,103)(H,97,98)(H,99,100);(H,6,7)/t45-,47-,48-,49-,50-,51-,52-,53-,54-,55-,56-,61-,62-;/m0./s1. The molecule has 0 spiro atoms. The summed E-state index contributed by atoms with van der Waals surface area (Å²) in [5.74, 6) is -20.3. The van der Waals surface area contributed by atoms with Crippen LogP contribution in [0.5, 0.6) is 0 Å². The van der Waals surface area contributed by atoms with Gasteiger partial charge in [0.1, 0.15) is 72.5 Å². The van der Waals surface area contributed by atoms with Crippen molar-refractivity contribution in [3.63, 3.8) is 0 Å². The number of nitrogens with zero attached hydrogens (tertiary/aromatic N) is 3. The molecule has 6 rings (SSSR count). The number of aromatic nitrogens is 1. The van der Waals surface area contributed by atoms with Gasteiger partial charge in [-0.2, -0.15) is 13.2 Å². The number of unbranched alkanes of at least 4 members (excludes halogenated alkanes) is 1. The number of H-pyrrole nitrogens is 1. The number of aliphatic hydroxyl groups excluding tert-OH is 1. The lowest BCUT2D eigenvalue weighted by molar-refractivity contribution is -0.192. The zero-order valence-corrected chi connectivity index (χ0v) is 67.5. The molecule has 0 saturated carbocycles. The number of amides is 15. The van der Waals surface area contributed by atoms with Crippen LogP contribution in [0.2, 0.25) is 0 Å². The molecule has 0 unspecified atom stereocenters. The minimum Gasteiger partial charge on any atom is -0.481 e. The quantitative estimate of drug-likeness (QED) is 0.0245. The number of aliphatic hydroxyl groups is 1. The Bertz CT molecular complexity index is 4150. The van der Waals surface area contributed by atoms with E-state index in [1.54, 1.807) is 102 Å². The van der Waals surface area contributed by atoms with Crippen LogP contribution in [0.4, 0.5) is 13.2 Å². The Hall–Kier alpha value is -11.9. The summed E-state index contributed by atoms with van der Waals surface area (Å²) in [6.07, 6.45) is -4.14. The van der Waals surface area contributed by atoms with Crippen molar-refractivity contribution in [2.24, 2.45) is 40.7 Å². The number of likely N-dealkylation sites (tertiary alicyclic amines) is 3.